The molecule has 1 aromatic rings. The van der Waals surface area contributed by atoms with E-state index >= 15 is 0 Å². The lowest BCUT2D eigenvalue weighted by Crippen LogP contribution is -2.47. The molecular formula is C24H38N2O. The summed E-state index contributed by atoms with van der Waals surface area (Å²) in [6, 6.07) is 8.31. The zero-order valence-corrected chi connectivity index (χ0v) is 18.0. The number of ketones is 1. The molecule has 1 fully saturated rings. The second kappa shape index (κ2) is 10.1. The van der Waals surface area contributed by atoms with Gasteiger partial charge in [-0.2, -0.15) is 0 Å². The molecule has 0 bridgehead atoms. The number of benzene rings is 1. The number of piperidine rings is 1. The summed E-state index contributed by atoms with van der Waals surface area (Å²) in [6.45, 7) is 10.6. The van der Waals surface area contributed by atoms with E-state index < -0.39 is 0 Å². The second-order valence-corrected chi connectivity index (χ2v) is 8.65. The van der Waals surface area contributed by atoms with Crippen molar-refractivity contribution in [2.45, 2.75) is 58.3 Å². The number of hydrogen-bond acceptors (Lipinski definition) is 3. The Morgan fingerprint density at radius 3 is 2.74 bits per heavy atom. The first kappa shape index (κ1) is 21.7. The van der Waals surface area contributed by atoms with Gasteiger partial charge in [0, 0.05) is 38.5 Å². The molecule has 1 heterocycles. The van der Waals surface area contributed by atoms with Crippen LogP contribution in [0, 0.1) is 5.92 Å². The zero-order valence-electron chi connectivity index (χ0n) is 18.0. The molecule has 1 saturated heterocycles. The molecule has 0 saturated carbocycles. The summed E-state index contributed by atoms with van der Waals surface area (Å²) >= 11 is 0. The van der Waals surface area contributed by atoms with Crippen LogP contribution >= 0.6 is 0 Å². The molecule has 0 N–H and O–H groups in total. The predicted octanol–water partition coefficient (Wildman–Crippen LogP) is 5.12. The maximum absolute atomic E-state index is 12.5. The number of allylic oxidation sites excluding steroid dienone is 1. The molecule has 1 aliphatic rings. The molecule has 1 aromatic carbocycles. The van der Waals surface area contributed by atoms with Gasteiger partial charge in [0.15, 0.2) is 5.78 Å². The fourth-order valence-corrected chi connectivity index (χ4v) is 4.05. The Labute approximate surface area is 166 Å². The van der Waals surface area contributed by atoms with Gasteiger partial charge in [0.25, 0.3) is 0 Å². The molecule has 1 aliphatic heterocycles. The van der Waals surface area contributed by atoms with Gasteiger partial charge in [-0.3, -0.25) is 4.79 Å². The lowest BCUT2D eigenvalue weighted by atomic mass is 9.67. The van der Waals surface area contributed by atoms with Crippen LogP contribution in [0.3, 0.4) is 0 Å². The number of carbonyl (C=O) groups is 1. The quantitative estimate of drug-likeness (QED) is 0.342. The van der Waals surface area contributed by atoms with Gasteiger partial charge < -0.3 is 9.80 Å². The van der Waals surface area contributed by atoms with Crippen LogP contribution in [0.15, 0.2) is 36.5 Å². The maximum atomic E-state index is 12.5. The molecule has 2 rings (SSSR count). The van der Waals surface area contributed by atoms with Crippen molar-refractivity contribution in [2.75, 3.05) is 33.7 Å². The van der Waals surface area contributed by atoms with E-state index in [0.29, 0.717) is 5.92 Å². The van der Waals surface area contributed by atoms with Crippen LogP contribution in [-0.2, 0) is 5.41 Å². The molecule has 2 unspecified atom stereocenters. The summed E-state index contributed by atoms with van der Waals surface area (Å²) < 4.78 is 0. The summed E-state index contributed by atoms with van der Waals surface area (Å²) in [5, 5.41) is 0. The van der Waals surface area contributed by atoms with Crippen LogP contribution in [0.5, 0.6) is 0 Å². The molecule has 2 atom stereocenters. The van der Waals surface area contributed by atoms with Crippen molar-refractivity contribution >= 4 is 5.78 Å². The van der Waals surface area contributed by atoms with Crippen molar-refractivity contribution in [2.24, 2.45) is 5.92 Å². The van der Waals surface area contributed by atoms with Gasteiger partial charge in [-0.05, 0) is 48.9 Å². The largest absolute Gasteiger partial charge is 0.383 e. The molecule has 150 valence electrons. The Morgan fingerprint density at radius 2 is 2.07 bits per heavy atom. The van der Waals surface area contributed by atoms with Gasteiger partial charge in [-0.15, -0.1) is 0 Å². The number of likely N-dealkylation sites (tertiary alicyclic amines) is 1. The summed E-state index contributed by atoms with van der Waals surface area (Å²) in [6.07, 6.45) is 9.95. The number of carbonyl (C=O) groups excluding carboxylic acids is 1. The third kappa shape index (κ3) is 5.93. The smallest absolute Gasteiger partial charge is 0.187 e. The minimum atomic E-state index is 0.0789. The Bertz CT molecular complexity index is 637. The van der Waals surface area contributed by atoms with E-state index in [1.54, 1.807) is 6.08 Å². The second-order valence-electron chi connectivity index (χ2n) is 8.65. The summed E-state index contributed by atoms with van der Waals surface area (Å²) in [7, 11) is 3.86. The summed E-state index contributed by atoms with van der Waals surface area (Å²) in [5.41, 5.74) is 2.24. The molecular weight excluding hydrogens is 332 g/mol. The standard InChI is InChI=1S/C24H38N2O/c1-6-7-8-9-15-26-17-14-24(3,20(2)19-26)22-12-10-11-21(18-22)23(27)13-16-25(4)5/h10-13,16,18,20H,6-9,14-15,17,19H2,1-5H3. The fraction of sp³-hybridized carbons (Fsp3) is 0.625. The van der Waals surface area contributed by atoms with Crippen LogP contribution < -0.4 is 0 Å². The average Bonchev–Trinajstić information content (AvgIpc) is 2.66. The van der Waals surface area contributed by atoms with Gasteiger partial charge in [-0.25, -0.2) is 0 Å². The molecule has 0 spiro atoms. The third-order valence-electron chi connectivity index (χ3n) is 6.23. The lowest BCUT2D eigenvalue weighted by Gasteiger charge is -2.45. The van der Waals surface area contributed by atoms with E-state index in [1.807, 2.05) is 37.3 Å². The number of nitrogens with zero attached hydrogens (tertiary/aromatic N) is 2. The maximum Gasteiger partial charge on any atom is 0.187 e. The van der Waals surface area contributed by atoms with E-state index in [2.05, 4.69) is 37.8 Å². The Hall–Kier alpha value is -1.61. The molecule has 0 aliphatic carbocycles. The van der Waals surface area contributed by atoms with Crippen LogP contribution in [-0.4, -0.2) is 49.3 Å². The highest BCUT2D eigenvalue weighted by molar-refractivity contribution is 6.04. The van der Waals surface area contributed by atoms with E-state index in [0.717, 1.165) is 25.1 Å². The Balaban J connectivity index is 2.05. The molecule has 3 nitrogen and oxygen atoms in total. The summed E-state index contributed by atoms with van der Waals surface area (Å²) in [4.78, 5) is 17.0. The van der Waals surface area contributed by atoms with Crippen LogP contribution in [0.2, 0.25) is 0 Å². The molecule has 3 heteroatoms. The van der Waals surface area contributed by atoms with Gasteiger partial charge >= 0.3 is 0 Å². The monoisotopic (exact) mass is 370 g/mol. The minimum Gasteiger partial charge on any atom is -0.383 e. The first-order chi connectivity index (χ1) is 12.9. The van der Waals surface area contributed by atoms with Crippen molar-refractivity contribution in [1.82, 2.24) is 9.80 Å². The van der Waals surface area contributed by atoms with Gasteiger partial charge in [-0.1, -0.05) is 58.2 Å². The van der Waals surface area contributed by atoms with Gasteiger partial charge in [0.2, 0.25) is 0 Å². The van der Waals surface area contributed by atoms with Crippen LogP contribution in [0.1, 0.15) is 68.8 Å². The SMILES string of the molecule is CCCCCCN1CCC(C)(c2cccc(C(=O)C=CN(C)C)c2)C(C)C1. The van der Waals surface area contributed by atoms with E-state index in [4.69, 9.17) is 0 Å². The van der Waals surface area contributed by atoms with Gasteiger partial charge in [0.1, 0.15) is 0 Å². The first-order valence-corrected chi connectivity index (χ1v) is 10.6. The van der Waals surface area contributed by atoms with Gasteiger partial charge in [0.05, 0.1) is 0 Å². The zero-order chi connectivity index (χ0) is 19.9. The minimum absolute atomic E-state index is 0.0789. The Morgan fingerprint density at radius 1 is 1.30 bits per heavy atom. The van der Waals surface area contributed by atoms with Crippen molar-refractivity contribution in [1.29, 1.82) is 0 Å². The number of hydrogen-bond donors (Lipinski definition) is 0. The fourth-order valence-electron chi connectivity index (χ4n) is 4.05. The lowest BCUT2D eigenvalue weighted by molar-refractivity contribution is 0.104. The van der Waals surface area contributed by atoms with Crippen molar-refractivity contribution in [3.05, 3.63) is 47.7 Å². The van der Waals surface area contributed by atoms with Crippen LogP contribution in [0.4, 0.5) is 0 Å². The van der Waals surface area contributed by atoms with E-state index in [9.17, 15) is 4.79 Å². The van der Waals surface area contributed by atoms with E-state index in [-0.39, 0.29) is 11.2 Å². The van der Waals surface area contributed by atoms with Crippen LogP contribution in [0.25, 0.3) is 0 Å². The predicted molar refractivity (Wildman–Crippen MR) is 115 cm³/mol. The van der Waals surface area contributed by atoms with Crippen molar-refractivity contribution < 1.29 is 4.79 Å². The molecule has 27 heavy (non-hydrogen) atoms. The first-order valence-electron chi connectivity index (χ1n) is 10.6. The number of unbranched alkanes of at least 4 members (excludes halogenated alkanes) is 3. The topological polar surface area (TPSA) is 23.6 Å². The highest BCUT2D eigenvalue weighted by Crippen LogP contribution is 2.39. The normalized spacial score (nSPS) is 23.7. The highest BCUT2D eigenvalue weighted by atomic mass is 16.1. The van der Waals surface area contributed by atoms with E-state index in [1.165, 1.54) is 37.8 Å². The summed E-state index contributed by atoms with van der Waals surface area (Å²) in [5.74, 6) is 0.662. The third-order valence-corrected chi connectivity index (χ3v) is 6.23. The highest BCUT2D eigenvalue weighted by Gasteiger charge is 2.37. The molecule has 0 aromatic heterocycles. The molecule has 0 amide bonds. The number of rotatable bonds is 9. The van der Waals surface area contributed by atoms with Crippen molar-refractivity contribution in [3.63, 3.8) is 0 Å². The average molecular weight is 371 g/mol. The molecule has 0 radical (unpaired) electrons. The Kier molecular flexibility index (Phi) is 8.09. The van der Waals surface area contributed by atoms with Crippen molar-refractivity contribution in [3.8, 4) is 0 Å².